The zero-order valence-corrected chi connectivity index (χ0v) is 12.5. The van der Waals surface area contributed by atoms with Crippen LogP contribution in [-0.2, 0) is 29.0 Å². The molecule has 0 bridgehead atoms. The van der Waals surface area contributed by atoms with Crippen molar-refractivity contribution in [3.63, 3.8) is 0 Å². The van der Waals surface area contributed by atoms with Crippen LogP contribution in [0.1, 0.15) is 16.7 Å². The Morgan fingerprint density at radius 1 is 1.33 bits per heavy atom. The maximum absolute atomic E-state index is 11.4. The fraction of sp³-hybridized carbons (Fsp3) is 0.375. The van der Waals surface area contributed by atoms with E-state index in [0.717, 1.165) is 30.8 Å². The van der Waals surface area contributed by atoms with Crippen molar-refractivity contribution in [2.45, 2.75) is 26.4 Å². The second-order valence-corrected chi connectivity index (χ2v) is 4.98. The molecule has 2 rings (SSSR count). The number of carbonyl (C=O) groups excluding carboxylic acids is 1. The molecule has 1 aromatic carbocycles. The first-order valence-corrected chi connectivity index (χ1v) is 7.02. The van der Waals surface area contributed by atoms with E-state index in [1.807, 2.05) is 48.3 Å². The highest BCUT2D eigenvalue weighted by atomic mass is 16.5. The Morgan fingerprint density at radius 3 is 2.76 bits per heavy atom. The van der Waals surface area contributed by atoms with Crippen LogP contribution in [0.4, 0.5) is 0 Å². The summed E-state index contributed by atoms with van der Waals surface area (Å²) in [4.78, 5) is 11.4. The number of hydrogen-bond donors (Lipinski definition) is 1. The molecule has 0 aliphatic carbocycles. The van der Waals surface area contributed by atoms with E-state index in [-0.39, 0.29) is 5.97 Å². The van der Waals surface area contributed by atoms with Gasteiger partial charge < -0.3 is 10.1 Å². The lowest BCUT2D eigenvalue weighted by Gasteiger charge is -2.10. The van der Waals surface area contributed by atoms with Gasteiger partial charge >= 0.3 is 5.97 Å². The predicted octanol–water partition coefficient (Wildman–Crippen LogP) is 1.70. The molecule has 1 heterocycles. The number of nitrogens with zero attached hydrogens (tertiary/aromatic N) is 2. The molecular formula is C16H21N3O2. The van der Waals surface area contributed by atoms with Crippen molar-refractivity contribution in [3.05, 3.63) is 53.3 Å². The molecule has 0 aliphatic heterocycles. The van der Waals surface area contributed by atoms with Crippen molar-refractivity contribution in [1.29, 1.82) is 0 Å². The van der Waals surface area contributed by atoms with E-state index in [9.17, 15) is 4.79 Å². The SMILES string of the molecule is COC(=O)Cc1ccccc1CNCCn1cc(C)cn1. The summed E-state index contributed by atoms with van der Waals surface area (Å²) in [7, 11) is 1.41. The second kappa shape index (κ2) is 7.59. The van der Waals surface area contributed by atoms with E-state index < -0.39 is 0 Å². The van der Waals surface area contributed by atoms with E-state index >= 15 is 0 Å². The van der Waals surface area contributed by atoms with Crippen LogP contribution in [0.3, 0.4) is 0 Å². The minimum Gasteiger partial charge on any atom is -0.469 e. The number of aryl methyl sites for hydroxylation is 1. The largest absolute Gasteiger partial charge is 0.469 e. The molecule has 112 valence electrons. The molecule has 0 spiro atoms. The van der Waals surface area contributed by atoms with E-state index in [1.54, 1.807) is 0 Å². The summed E-state index contributed by atoms with van der Waals surface area (Å²) in [6.07, 6.45) is 4.19. The summed E-state index contributed by atoms with van der Waals surface area (Å²) in [6, 6.07) is 7.91. The van der Waals surface area contributed by atoms with Crippen molar-refractivity contribution < 1.29 is 9.53 Å². The van der Waals surface area contributed by atoms with Gasteiger partial charge in [0, 0.05) is 19.3 Å². The van der Waals surface area contributed by atoms with Crippen molar-refractivity contribution in [3.8, 4) is 0 Å². The Bertz CT molecular complexity index is 593. The molecule has 0 amide bonds. The zero-order valence-electron chi connectivity index (χ0n) is 12.5. The quantitative estimate of drug-likeness (QED) is 0.622. The highest BCUT2D eigenvalue weighted by Gasteiger charge is 2.07. The lowest BCUT2D eigenvalue weighted by Crippen LogP contribution is -2.21. The van der Waals surface area contributed by atoms with E-state index in [1.165, 1.54) is 12.7 Å². The minimum absolute atomic E-state index is 0.213. The van der Waals surface area contributed by atoms with Crippen LogP contribution in [0.25, 0.3) is 0 Å². The Kier molecular flexibility index (Phi) is 5.51. The Balaban J connectivity index is 1.83. The molecule has 0 aliphatic rings. The summed E-state index contributed by atoms with van der Waals surface area (Å²) >= 11 is 0. The highest BCUT2D eigenvalue weighted by molar-refractivity contribution is 5.72. The van der Waals surface area contributed by atoms with Gasteiger partial charge in [-0.3, -0.25) is 9.48 Å². The first-order valence-electron chi connectivity index (χ1n) is 7.02. The molecule has 0 radical (unpaired) electrons. The van der Waals surface area contributed by atoms with Gasteiger partial charge in [-0.1, -0.05) is 24.3 Å². The monoisotopic (exact) mass is 287 g/mol. The number of hydrogen-bond acceptors (Lipinski definition) is 4. The van der Waals surface area contributed by atoms with E-state index in [4.69, 9.17) is 4.74 Å². The van der Waals surface area contributed by atoms with Gasteiger partial charge in [-0.2, -0.15) is 5.10 Å². The summed E-state index contributed by atoms with van der Waals surface area (Å²) in [5.41, 5.74) is 3.30. The summed E-state index contributed by atoms with van der Waals surface area (Å²) in [5, 5.41) is 7.62. The van der Waals surface area contributed by atoms with Crippen molar-refractivity contribution in [2.75, 3.05) is 13.7 Å². The number of carbonyl (C=O) groups is 1. The average molecular weight is 287 g/mol. The van der Waals surface area contributed by atoms with Gasteiger partial charge in [0.1, 0.15) is 0 Å². The molecule has 21 heavy (non-hydrogen) atoms. The van der Waals surface area contributed by atoms with Crippen LogP contribution in [0.15, 0.2) is 36.7 Å². The number of esters is 1. The number of methoxy groups -OCH3 is 1. The fourth-order valence-electron chi connectivity index (χ4n) is 2.14. The number of rotatable bonds is 7. The van der Waals surface area contributed by atoms with Crippen LogP contribution in [0.2, 0.25) is 0 Å². The summed E-state index contributed by atoms with van der Waals surface area (Å²) in [5.74, 6) is -0.213. The molecule has 0 unspecified atom stereocenters. The molecule has 2 aromatic rings. The van der Waals surface area contributed by atoms with Gasteiger partial charge in [-0.25, -0.2) is 0 Å². The molecule has 0 atom stereocenters. The molecule has 1 aromatic heterocycles. The lowest BCUT2D eigenvalue weighted by atomic mass is 10.0. The van der Waals surface area contributed by atoms with Gasteiger partial charge in [0.05, 0.1) is 26.3 Å². The van der Waals surface area contributed by atoms with Crippen LogP contribution < -0.4 is 5.32 Å². The van der Waals surface area contributed by atoms with Crippen molar-refractivity contribution >= 4 is 5.97 Å². The number of aromatic nitrogens is 2. The zero-order chi connectivity index (χ0) is 15.1. The third kappa shape index (κ3) is 4.72. The van der Waals surface area contributed by atoms with Gasteiger partial charge in [0.2, 0.25) is 0 Å². The Morgan fingerprint density at radius 2 is 2.10 bits per heavy atom. The maximum atomic E-state index is 11.4. The van der Waals surface area contributed by atoms with Gasteiger partial charge in [0.25, 0.3) is 0 Å². The Labute approximate surface area is 124 Å². The minimum atomic E-state index is -0.213. The molecule has 5 nitrogen and oxygen atoms in total. The standard InChI is InChI=1S/C16H21N3O2/c1-13-10-18-19(12-13)8-7-17-11-15-6-4-3-5-14(15)9-16(20)21-2/h3-6,10,12,17H,7-9,11H2,1-2H3. The third-order valence-corrected chi connectivity index (χ3v) is 3.28. The summed E-state index contributed by atoms with van der Waals surface area (Å²) in [6.45, 7) is 4.41. The first kappa shape index (κ1) is 15.3. The van der Waals surface area contributed by atoms with E-state index in [2.05, 4.69) is 10.4 Å². The summed E-state index contributed by atoms with van der Waals surface area (Å²) < 4.78 is 6.64. The molecule has 0 saturated carbocycles. The normalized spacial score (nSPS) is 10.6. The first-order chi connectivity index (χ1) is 10.2. The van der Waals surface area contributed by atoms with Gasteiger partial charge in [-0.15, -0.1) is 0 Å². The van der Waals surface area contributed by atoms with Gasteiger partial charge in [0.15, 0.2) is 0 Å². The molecule has 0 saturated heterocycles. The van der Waals surface area contributed by atoms with Crippen molar-refractivity contribution in [2.24, 2.45) is 0 Å². The van der Waals surface area contributed by atoms with E-state index in [0.29, 0.717) is 6.42 Å². The van der Waals surface area contributed by atoms with Crippen LogP contribution in [-0.4, -0.2) is 29.4 Å². The molecule has 5 heteroatoms. The number of ether oxygens (including phenoxy) is 1. The van der Waals surface area contributed by atoms with Crippen LogP contribution in [0.5, 0.6) is 0 Å². The van der Waals surface area contributed by atoms with Crippen LogP contribution in [0, 0.1) is 6.92 Å². The molecular weight excluding hydrogens is 266 g/mol. The molecule has 1 N–H and O–H groups in total. The lowest BCUT2D eigenvalue weighted by molar-refractivity contribution is -0.139. The smallest absolute Gasteiger partial charge is 0.309 e. The fourth-order valence-corrected chi connectivity index (χ4v) is 2.14. The second-order valence-electron chi connectivity index (χ2n) is 4.98. The number of benzene rings is 1. The average Bonchev–Trinajstić information content (AvgIpc) is 2.90. The predicted molar refractivity (Wildman–Crippen MR) is 80.8 cm³/mol. The third-order valence-electron chi connectivity index (χ3n) is 3.28. The number of nitrogens with one attached hydrogen (secondary N) is 1. The topological polar surface area (TPSA) is 56.1 Å². The highest BCUT2D eigenvalue weighted by Crippen LogP contribution is 2.10. The van der Waals surface area contributed by atoms with Gasteiger partial charge in [-0.05, 0) is 23.6 Å². The maximum Gasteiger partial charge on any atom is 0.309 e. The van der Waals surface area contributed by atoms with Crippen molar-refractivity contribution in [1.82, 2.24) is 15.1 Å². The van der Waals surface area contributed by atoms with Crippen LogP contribution >= 0.6 is 0 Å². The Hall–Kier alpha value is -2.14. The molecule has 0 fully saturated rings.